The molecular weight excluding hydrogens is 1140 g/mol. The highest BCUT2D eigenvalue weighted by molar-refractivity contribution is 7.17. The van der Waals surface area contributed by atoms with Crippen molar-refractivity contribution in [3.05, 3.63) is 147 Å². The molecule has 3 heterocycles. The fourth-order valence-corrected chi connectivity index (χ4v) is 11.8. The zero-order valence-electron chi connectivity index (χ0n) is 46.8. The monoisotopic (exact) mass is 1200 g/mol. The number of nitrogen functional groups attached to an aromatic ring is 1. The number of nitrogens with zero attached hydrogens (tertiary/aromatic N) is 5. The number of carbonyl (C=O) groups is 3. The molecule has 0 saturated carbocycles. The van der Waals surface area contributed by atoms with Gasteiger partial charge in [0.1, 0.15) is 27.8 Å². The average Bonchev–Trinajstić information content (AvgIpc) is 3.75. The quantitative estimate of drug-likeness (QED) is 0.0785. The largest absolute Gasteiger partial charge is 0.496 e. The first-order valence-electron chi connectivity index (χ1n) is 26.3. The van der Waals surface area contributed by atoms with E-state index in [1.165, 1.54) is 113 Å². The lowest BCUT2D eigenvalue weighted by molar-refractivity contribution is 0.0692. The number of benzene rings is 3. The molecule has 0 aliphatic heterocycles. The molecule has 0 fully saturated rings. The maximum atomic E-state index is 13.0. The number of nitrogens with one attached hydrogen (secondary N) is 1. The molecular formula is C60H69Cl4N7O7S2. The molecule has 3 aromatic heterocycles. The number of aryl methyl sites for hydroxylation is 6. The van der Waals surface area contributed by atoms with Gasteiger partial charge in [0.25, 0.3) is 11.1 Å². The highest BCUT2D eigenvalue weighted by Gasteiger charge is 2.24. The van der Waals surface area contributed by atoms with Crippen molar-refractivity contribution >= 4 is 108 Å². The van der Waals surface area contributed by atoms with Gasteiger partial charge in [-0.05, 0) is 216 Å². The molecule has 0 atom stereocenters. The van der Waals surface area contributed by atoms with Crippen LogP contribution in [0.25, 0.3) is 9.69 Å². The molecule has 14 nitrogen and oxygen atoms in total. The van der Waals surface area contributed by atoms with Crippen molar-refractivity contribution in [3.63, 3.8) is 0 Å². The SMILES string of the molecule is COc1cc2c(cc1C(=O)Cl)CCCCC2.COc1cc2c(cc1C(=O)O)CCCCC2.Clc1nc(Cl)nc(Cl)n1.[C-]#[N+]c1cc(C(C)(C)C)sc1N.[C-]#[N+]c1cc(C(C)(C)C)sc1NC(=O)c1cc2c(cc1OC)CCCCC2. The molecule has 0 saturated heterocycles. The van der Waals surface area contributed by atoms with Crippen LogP contribution < -0.4 is 25.3 Å². The normalized spacial score (nSPS) is 13.5. The molecule has 3 aliphatic rings. The lowest BCUT2D eigenvalue weighted by Crippen LogP contribution is -2.14. The number of carboxylic acids is 1. The Morgan fingerprint density at radius 1 is 0.550 bits per heavy atom. The number of hydrogen-bond donors (Lipinski definition) is 3. The van der Waals surface area contributed by atoms with Crippen molar-refractivity contribution in [1.82, 2.24) is 15.0 Å². The summed E-state index contributed by atoms with van der Waals surface area (Å²) in [6.45, 7) is 27.0. The number of ether oxygens (including phenoxy) is 3. The molecule has 1 amide bonds. The van der Waals surface area contributed by atoms with Gasteiger partial charge in [0.15, 0.2) is 0 Å². The number of fused-ring (bicyclic) bond motifs is 3. The second-order valence-corrected chi connectivity index (χ2v) is 24.7. The minimum atomic E-state index is -0.913. The summed E-state index contributed by atoms with van der Waals surface area (Å²) in [5.74, 6) is 0.550. The van der Waals surface area contributed by atoms with Crippen molar-refractivity contribution in [3.8, 4) is 17.2 Å². The molecule has 80 heavy (non-hydrogen) atoms. The Hall–Kier alpha value is -5.98. The van der Waals surface area contributed by atoms with Crippen molar-refractivity contribution in [2.75, 3.05) is 32.4 Å². The summed E-state index contributed by atoms with van der Waals surface area (Å²) in [6.07, 6.45) is 16.9. The summed E-state index contributed by atoms with van der Waals surface area (Å²) in [7, 11) is 4.69. The molecule has 0 bridgehead atoms. The summed E-state index contributed by atoms with van der Waals surface area (Å²) in [5, 5.41) is 12.8. The minimum Gasteiger partial charge on any atom is -0.496 e. The predicted octanol–water partition coefficient (Wildman–Crippen LogP) is 17.1. The average molecular weight is 1210 g/mol. The highest BCUT2D eigenvalue weighted by atomic mass is 35.5. The van der Waals surface area contributed by atoms with Gasteiger partial charge in [-0.2, -0.15) is 15.0 Å². The predicted molar refractivity (Wildman–Crippen MR) is 326 cm³/mol. The number of methoxy groups -OCH3 is 3. The molecule has 9 rings (SSSR count). The van der Waals surface area contributed by atoms with Crippen molar-refractivity contribution < 1.29 is 33.7 Å². The van der Waals surface area contributed by atoms with Gasteiger partial charge in [-0.3, -0.25) is 9.59 Å². The summed E-state index contributed by atoms with van der Waals surface area (Å²) in [4.78, 5) is 54.9. The van der Waals surface area contributed by atoms with Crippen LogP contribution in [0, 0.1) is 13.1 Å². The molecule has 3 aliphatic carbocycles. The minimum absolute atomic E-state index is 0.000000000000000444. The number of rotatable bonds is 7. The van der Waals surface area contributed by atoms with Gasteiger partial charge in [-0.25, -0.2) is 14.5 Å². The van der Waals surface area contributed by atoms with Crippen LogP contribution in [0.5, 0.6) is 17.2 Å². The van der Waals surface area contributed by atoms with Crippen LogP contribution >= 0.6 is 69.1 Å². The molecule has 4 N–H and O–H groups in total. The summed E-state index contributed by atoms with van der Waals surface area (Å²) in [5.41, 5.74) is 15.6. The number of amides is 1. The van der Waals surface area contributed by atoms with E-state index in [0.29, 0.717) is 49.8 Å². The maximum absolute atomic E-state index is 13.0. The number of aromatic nitrogens is 3. The van der Waals surface area contributed by atoms with E-state index >= 15 is 0 Å². The highest BCUT2D eigenvalue weighted by Crippen LogP contribution is 2.42. The van der Waals surface area contributed by atoms with E-state index in [2.05, 4.69) is 71.5 Å². The van der Waals surface area contributed by atoms with E-state index in [4.69, 9.17) is 84.6 Å². The summed E-state index contributed by atoms with van der Waals surface area (Å²) >= 11 is 24.5. The standard InChI is InChI=1S/C22H26N2O2S.C13H15ClO2.C13H16O3.C9H12N2S.C3Cl3N3/c1-22(2,3)19-13-17(23-4)21(27-19)24-20(25)16-11-14-9-7-6-8-10-15(14)12-18(16)26-5;2*1-16-12-8-10-6-4-2-3-5-9(10)7-11(12)13(14)15;1-9(2,3)7-5-6(11-4)8(10)12-7;4-1-7-2(5)9-3(6)8-1/h11-13H,6-10H2,1-3,5H3,(H,24,25);7-8H,2-6H2,1H3;7-8H,2-6H2,1H3,(H,14,15);5H,10H2,1-3H3;. The fraction of sp³-hybridized carbons (Fsp3) is 0.433. The number of nitrogens with two attached hydrogens (primary N) is 1. The maximum Gasteiger partial charge on any atom is 0.339 e. The van der Waals surface area contributed by atoms with Gasteiger partial charge in [0.2, 0.25) is 27.2 Å². The van der Waals surface area contributed by atoms with E-state index < -0.39 is 11.2 Å². The molecule has 20 heteroatoms. The lowest BCUT2D eigenvalue weighted by Gasteiger charge is -2.16. The second kappa shape index (κ2) is 30.2. The molecule has 0 unspecified atom stereocenters. The van der Waals surface area contributed by atoms with Gasteiger partial charge < -0.3 is 30.4 Å². The summed E-state index contributed by atoms with van der Waals surface area (Å²) in [6, 6.07) is 15.3. The Kier molecular flexibility index (Phi) is 24.5. The van der Waals surface area contributed by atoms with Gasteiger partial charge >= 0.3 is 5.97 Å². The molecule has 426 valence electrons. The zero-order chi connectivity index (χ0) is 58.9. The number of carboxylic acid groups (broad SMARTS) is 1. The Balaban J connectivity index is 0.000000193. The Bertz CT molecular complexity index is 3110. The second-order valence-electron chi connectivity index (χ2n) is 21.2. The number of halogens is 4. The van der Waals surface area contributed by atoms with Gasteiger partial charge in [-0.15, -0.1) is 22.7 Å². The van der Waals surface area contributed by atoms with Crippen LogP contribution in [0.3, 0.4) is 0 Å². The van der Waals surface area contributed by atoms with Crippen molar-refractivity contribution in [1.29, 1.82) is 0 Å². The smallest absolute Gasteiger partial charge is 0.339 e. The van der Waals surface area contributed by atoms with E-state index in [-0.39, 0.29) is 38.2 Å². The van der Waals surface area contributed by atoms with Gasteiger partial charge in [0, 0.05) is 9.75 Å². The van der Waals surface area contributed by atoms with E-state index in [1.54, 1.807) is 20.3 Å². The summed E-state index contributed by atoms with van der Waals surface area (Å²) < 4.78 is 15.9. The molecule has 6 aromatic rings. The number of hydrogen-bond acceptors (Lipinski definition) is 12. The fourth-order valence-electron chi connectivity index (χ4n) is 9.07. The molecule has 0 spiro atoms. The number of thiophene rings is 2. The molecule has 0 radical (unpaired) electrons. The van der Waals surface area contributed by atoms with E-state index in [1.807, 2.05) is 42.5 Å². The first-order chi connectivity index (χ1) is 37.9. The molecule has 3 aromatic carbocycles. The van der Waals surface area contributed by atoms with Crippen LogP contribution in [0.2, 0.25) is 15.9 Å². The van der Waals surface area contributed by atoms with Gasteiger partial charge in [-0.1, -0.05) is 60.8 Å². The third kappa shape index (κ3) is 18.5. The Morgan fingerprint density at radius 3 is 1.23 bits per heavy atom. The number of carbonyl (C=O) groups excluding carboxylic acids is 2. The number of anilines is 2. The Morgan fingerprint density at radius 2 is 0.887 bits per heavy atom. The van der Waals surface area contributed by atoms with E-state index in [9.17, 15) is 14.4 Å². The zero-order valence-corrected chi connectivity index (χ0v) is 51.4. The van der Waals surface area contributed by atoms with Crippen LogP contribution in [-0.4, -0.2) is 58.5 Å². The van der Waals surface area contributed by atoms with Crippen molar-refractivity contribution in [2.45, 2.75) is 149 Å². The Labute approximate surface area is 498 Å². The van der Waals surface area contributed by atoms with Gasteiger partial charge in [0.05, 0.1) is 50.6 Å². The third-order valence-electron chi connectivity index (χ3n) is 13.4. The van der Waals surface area contributed by atoms with Crippen LogP contribution in [0.1, 0.15) is 174 Å². The topological polar surface area (TPSA) is 185 Å². The van der Waals surface area contributed by atoms with Crippen LogP contribution in [-0.2, 0) is 49.4 Å². The van der Waals surface area contributed by atoms with Crippen molar-refractivity contribution in [2.24, 2.45) is 0 Å². The van der Waals surface area contributed by atoms with Crippen LogP contribution in [0.4, 0.5) is 21.4 Å². The third-order valence-corrected chi connectivity index (χ3v) is 16.9. The van der Waals surface area contributed by atoms with E-state index in [0.717, 1.165) is 56.2 Å². The first kappa shape index (κ1) is 64.8. The number of aromatic carboxylic acids is 1. The lowest BCUT2D eigenvalue weighted by atomic mass is 9.95. The first-order valence-corrected chi connectivity index (χ1v) is 29.4. The van der Waals surface area contributed by atoms with Crippen LogP contribution in [0.15, 0.2) is 48.5 Å².